The molecule has 24 heavy (non-hydrogen) atoms. The smallest absolute Gasteiger partial charge is 0.349 e. The molecule has 0 radical (unpaired) electrons. The molecule has 2 aromatic rings. The molecule has 0 atom stereocenters. The summed E-state index contributed by atoms with van der Waals surface area (Å²) in [6.07, 6.45) is 2.67. The average molecular weight is 324 g/mol. The molecule has 6 heteroatoms. The molecule has 1 aromatic heterocycles. The monoisotopic (exact) mass is 324 g/mol. The molecular formula is C18H16N2O4. The number of rotatable bonds is 5. The summed E-state index contributed by atoms with van der Waals surface area (Å²) in [6, 6.07) is 10.4. The fourth-order valence-corrected chi connectivity index (χ4v) is 1.88. The summed E-state index contributed by atoms with van der Waals surface area (Å²) >= 11 is 0. The Kier molecular flexibility index (Phi) is 5.53. The predicted molar refractivity (Wildman–Crippen MR) is 87.8 cm³/mol. The standard InChI is InChI=1S/C18H16N2O4/c1-12-5-6-15(8-13(12)2)20-17(21)11-24-18(22)14(10-19)9-16-4-3-7-23-16/h3-9H,11H2,1-2H3,(H,20,21)/b14-9+. The lowest BCUT2D eigenvalue weighted by Gasteiger charge is -2.08. The van der Waals surface area contributed by atoms with Gasteiger partial charge < -0.3 is 14.5 Å². The highest BCUT2D eigenvalue weighted by Gasteiger charge is 2.14. The fraction of sp³-hybridized carbons (Fsp3) is 0.167. The van der Waals surface area contributed by atoms with Gasteiger partial charge in [-0.1, -0.05) is 6.07 Å². The largest absolute Gasteiger partial charge is 0.465 e. The molecule has 1 amide bonds. The number of carbonyl (C=O) groups is 2. The van der Waals surface area contributed by atoms with Gasteiger partial charge in [0.15, 0.2) is 6.61 Å². The van der Waals surface area contributed by atoms with E-state index in [0.717, 1.165) is 11.1 Å². The third-order valence-corrected chi connectivity index (χ3v) is 3.30. The van der Waals surface area contributed by atoms with Crippen molar-refractivity contribution >= 4 is 23.6 Å². The minimum atomic E-state index is -0.885. The number of nitrogens with zero attached hydrogens (tertiary/aromatic N) is 1. The zero-order valence-electron chi connectivity index (χ0n) is 13.3. The Bertz CT molecular complexity index is 814. The molecule has 0 spiro atoms. The molecule has 0 aliphatic rings. The van der Waals surface area contributed by atoms with Crippen LogP contribution >= 0.6 is 0 Å². The SMILES string of the molecule is Cc1ccc(NC(=O)COC(=O)/C(C#N)=C/c2ccco2)cc1C. The first-order chi connectivity index (χ1) is 11.5. The van der Waals surface area contributed by atoms with Gasteiger partial charge in [-0.15, -0.1) is 0 Å². The van der Waals surface area contributed by atoms with E-state index in [1.807, 2.05) is 26.0 Å². The molecule has 0 bridgehead atoms. The summed E-state index contributed by atoms with van der Waals surface area (Å²) in [6.45, 7) is 3.42. The highest BCUT2D eigenvalue weighted by molar-refractivity contribution is 5.99. The van der Waals surface area contributed by atoms with Crippen molar-refractivity contribution in [1.29, 1.82) is 5.26 Å². The Morgan fingerprint density at radius 1 is 1.29 bits per heavy atom. The van der Waals surface area contributed by atoms with Crippen molar-refractivity contribution in [3.05, 3.63) is 59.1 Å². The van der Waals surface area contributed by atoms with Gasteiger partial charge in [0.25, 0.3) is 5.91 Å². The lowest BCUT2D eigenvalue weighted by Crippen LogP contribution is -2.21. The van der Waals surface area contributed by atoms with Gasteiger partial charge in [-0.25, -0.2) is 4.79 Å². The summed E-state index contributed by atoms with van der Waals surface area (Å²) in [5.41, 5.74) is 2.52. The van der Waals surface area contributed by atoms with Crippen LogP contribution in [-0.2, 0) is 14.3 Å². The third kappa shape index (κ3) is 4.58. The second kappa shape index (κ2) is 7.79. The van der Waals surface area contributed by atoms with Gasteiger partial charge in [0.05, 0.1) is 6.26 Å². The first-order valence-corrected chi connectivity index (χ1v) is 7.19. The first-order valence-electron chi connectivity index (χ1n) is 7.19. The van der Waals surface area contributed by atoms with E-state index in [9.17, 15) is 9.59 Å². The summed E-state index contributed by atoms with van der Waals surface area (Å²) in [5.74, 6) is -1.02. The predicted octanol–water partition coefficient (Wildman–Crippen LogP) is 2.99. The van der Waals surface area contributed by atoms with Crippen molar-refractivity contribution in [3.63, 3.8) is 0 Å². The van der Waals surface area contributed by atoms with E-state index < -0.39 is 18.5 Å². The molecule has 0 saturated carbocycles. The maximum Gasteiger partial charge on any atom is 0.349 e. The van der Waals surface area contributed by atoms with E-state index in [-0.39, 0.29) is 5.57 Å². The highest BCUT2D eigenvalue weighted by Crippen LogP contribution is 2.14. The number of benzene rings is 1. The molecule has 1 aromatic carbocycles. The maximum absolute atomic E-state index is 11.8. The van der Waals surface area contributed by atoms with Crippen molar-refractivity contribution < 1.29 is 18.7 Å². The van der Waals surface area contributed by atoms with E-state index in [0.29, 0.717) is 11.4 Å². The quantitative estimate of drug-likeness (QED) is 0.518. The van der Waals surface area contributed by atoms with E-state index in [1.165, 1.54) is 12.3 Å². The molecule has 0 unspecified atom stereocenters. The van der Waals surface area contributed by atoms with Gasteiger partial charge in [-0.3, -0.25) is 4.79 Å². The zero-order valence-corrected chi connectivity index (χ0v) is 13.3. The molecule has 6 nitrogen and oxygen atoms in total. The second-order valence-electron chi connectivity index (χ2n) is 5.11. The number of ether oxygens (including phenoxy) is 1. The lowest BCUT2D eigenvalue weighted by atomic mass is 10.1. The number of esters is 1. The van der Waals surface area contributed by atoms with Crippen LogP contribution < -0.4 is 5.32 Å². The normalized spacial score (nSPS) is 10.8. The van der Waals surface area contributed by atoms with E-state index >= 15 is 0 Å². The summed E-state index contributed by atoms with van der Waals surface area (Å²) < 4.78 is 9.88. The highest BCUT2D eigenvalue weighted by atomic mass is 16.5. The number of furan rings is 1. The van der Waals surface area contributed by atoms with Crippen LogP contribution in [0, 0.1) is 25.2 Å². The van der Waals surface area contributed by atoms with Crippen LogP contribution in [0.2, 0.25) is 0 Å². The van der Waals surface area contributed by atoms with Crippen LogP contribution in [0.3, 0.4) is 0 Å². The van der Waals surface area contributed by atoms with Crippen LogP contribution in [0.15, 0.2) is 46.6 Å². The Hall–Kier alpha value is -3.33. The van der Waals surface area contributed by atoms with Gasteiger partial charge in [-0.2, -0.15) is 5.26 Å². The molecule has 0 aliphatic carbocycles. The zero-order chi connectivity index (χ0) is 17.5. The van der Waals surface area contributed by atoms with Crippen molar-refractivity contribution in [3.8, 4) is 6.07 Å². The van der Waals surface area contributed by atoms with E-state index in [1.54, 1.807) is 24.3 Å². The van der Waals surface area contributed by atoms with Gasteiger partial charge in [0.2, 0.25) is 0 Å². The first kappa shape index (κ1) is 17.0. The molecule has 122 valence electrons. The van der Waals surface area contributed by atoms with Crippen LogP contribution in [0.4, 0.5) is 5.69 Å². The Morgan fingerprint density at radius 3 is 2.71 bits per heavy atom. The number of carbonyl (C=O) groups excluding carboxylic acids is 2. The van der Waals surface area contributed by atoms with Crippen LogP contribution in [0.5, 0.6) is 0 Å². The number of nitriles is 1. The Balaban J connectivity index is 1.92. The minimum Gasteiger partial charge on any atom is -0.465 e. The number of hydrogen-bond donors (Lipinski definition) is 1. The molecule has 1 N–H and O–H groups in total. The number of aryl methyl sites for hydroxylation is 2. The van der Waals surface area contributed by atoms with Crippen molar-refractivity contribution in [2.75, 3.05) is 11.9 Å². The molecule has 0 aliphatic heterocycles. The summed E-state index contributed by atoms with van der Waals surface area (Å²) in [7, 11) is 0. The fourth-order valence-electron chi connectivity index (χ4n) is 1.88. The van der Waals surface area contributed by atoms with Crippen LogP contribution in [-0.4, -0.2) is 18.5 Å². The minimum absolute atomic E-state index is 0.246. The van der Waals surface area contributed by atoms with Gasteiger partial charge in [-0.05, 0) is 49.2 Å². The summed E-state index contributed by atoms with van der Waals surface area (Å²) in [4.78, 5) is 23.7. The van der Waals surface area contributed by atoms with Crippen molar-refractivity contribution in [2.24, 2.45) is 0 Å². The maximum atomic E-state index is 11.8. The molecular weight excluding hydrogens is 308 g/mol. The molecule has 1 heterocycles. The van der Waals surface area contributed by atoms with Crippen LogP contribution in [0.25, 0.3) is 6.08 Å². The Labute approximate surface area is 139 Å². The van der Waals surface area contributed by atoms with Crippen molar-refractivity contribution in [1.82, 2.24) is 0 Å². The number of hydrogen-bond acceptors (Lipinski definition) is 5. The Morgan fingerprint density at radius 2 is 2.08 bits per heavy atom. The van der Waals surface area contributed by atoms with Gasteiger partial charge in [0.1, 0.15) is 17.4 Å². The van der Waals surface area contributed by atoms with Crippen molar-refractivity contribution in [2.45, 2.75) is 13.8 Å². The van der Waals surface area contributed by atoms with Gasteiger partial charge >= 0.3 is 5.97 Å². The average Bonchev–Trinajstić information content (AvgIpc) is 3.07. The second-order valence-corrected chi connectivity index (χ2v) is 5.11. The number of anilines is 1. The third-order valence-electron chi connectivity index (χ3n) is 3.30. The number of nitrogens with one attached hydrogen (secondary N) is 1. The number of amides is 1. The molecule has 0 saturated heterocycles. The molecule has 2 rings (SSSR count). The van der Waals surface area contributed by atoms with E-state index in [4.69, 9.17) is 14.4 Å². The van der Waals surface area contributed by atoms with Gasteiger partial charge in [0, 0.05) is 11.8 Å². The van der Waals surface area contributed by atoms with E-state index in [2.05, 4.69) is 5.32 Å². The van der Waals surface area contributed by atoms with Crippen LogP contribution in [0.1, 0.15) is 16.9 Å². The lowest BCUT2D eigenvalue weighted by molar-refractivity contribution is -0.142. The summed E-state index contributed by atoms with van der Waals surface area (Å²) in [5, 5.41) is 11.6. The molecule has 0 fully saturated rings. The topological polar surface area (TPSA) is 92.3 Å².